The van der Waals surface area contributed by atoms with Gasteiger partial charge < -0.3 is 5.73 Å². The first kappa shape index (κ1) is 38.3. The molecule has 0 amide bonds. The number of anilines is 1. The molecule has 2 fully saturated rings. The molecular formula is C58H48N6. The summed E-state index contributed by atoms with van der Waals surface area (Å²) in [5.74, 6) is 6.16. The average molecular weight is 829 g/mol. The molecule has 310 valence electrons. The Labute approximate surface area is 374 Å². The van der Waals surface area contributed by atoms with Gasteiger partial charge in [-0.25, -0.2) is 19.9 Å². The van der Waals surface area contributed by atoms with E-state index in [2.05, 4.69) is 140 Å². The molecule has 2 heterocycles. The number of imidazole rings is 1. The standard InChI is InChI=1S/C58H48N6/c1-3-52-60-50-23-7-8-24-51(50)64(52)45-20-11-18-42(33-45)40-16-9-15-39(31-40)41-17-10-19-43(32-41)46-21-12-22-47(55(46)59)58-62-56(37-13-5-4-6-14-37)61-57(63-58)38-27-25-36(26-28-38)53-48-30-35(2)29-44-34-49(53)54(44)48/h4-28,31-33,35,44,48,54H,3,29-30,34,59H2,1-2H3. The van der Waals surface area contributed by atoms with E-state index < -0.39 is 0 Å². The summed E-state index contributed by atoms with van der Waals surface area (Å²) in [6, 6.07) is 59.7. The summed E-state index contributed by atoms with van der Waals surface area (Å²) < 4.78 is 2.28. The number of benzene rings is 7. The highest BCUT2D eigenvalue weighted by Crippen LogP contribution is 2.66. The minimum absolute atomic E-state index is 0.552. The van der Waals surface area contributed by atoms with Crippen molar-refractivity contribution >= 4 is 22.3 Å². The van der Waals surface area contributed by atoms with Crippen molar-refractivity contribution in [2.24, 2.45) is 23.7 Å². The Hall–Kier alpha value is -7.44. The molecule has 2 saturated carbocycles. The summed E-state index contributed by atoms with van der Waals surface area (Å²) in [6.07, 6.45) is 4.86. The Bertz CT molecular complexity index is 3290. The normalized spacial score (nSPS) is 18.7. The quantitative estimate of drug-likeness (QED) is 0.147. The third-order valence-electron chi connectivity index (χ3n) is 14.1. The van der Waals surface area contributed by atoms with E-state index in [1.807, 2.05) is 48.5 Å². The molecule has 3 aliphatic carbocycles. The molecule has 3 aliphatic rings. The van der Waals surface area contributed by atoms with Gasteiger partial charge >= 0.3 is 0 Å². The van der Waals surface area contributed by atoms with E-state index in [-0.39, 0.29) is 0 Å². The van der Waals surface area contributed by atoms with Crippen LogP contribution < -0.4 is 5.73 Å². The topological polar surface area (TPSA) is 82.5 Å². The molecule has 6 heteroatoms. The summed E-state index contributed by atoms with van der Waals surface area (Å²) in [5.41, 5.74) is 24.9. The highest BCUT2D eigenvalue weighted by molar-refractivity contribution is 5.89. The first-order chi connectivity index (χ1) is 31.5. The SMILES string of the molecule is CCc1nc2ccccc2n1-c1cccc(-c2cccc(-c3cccc(-c4cccc(-c5nc(-c6ccccc6)nc(-c6ccc(C7=C8CC9CC(C)CC7C89)cc6)n5)c4N)c3)c2)c1. The second kappa shape index (κ2) is 15.4. The second-order valence-corrected chi connectivity index (χ2v) is 18.0. The Morgan fingerprint density at radius 2 is 1.11 bits per heavy atom. The van der Waals surface area contributed by atoms with E-state index in [1.54, 1.807) is 11.1 Å². The fourth-order valence-electron chi connectivity index (χ4n) is 11.1. The van der Waals surface area contributed by atoms with Crippen molar-refractivity contribution < 1.29 is 0 Å². The van der Waals surface area contributed by atoms with Gasteiger partial charge in [0.1, 0.15) is 5.82 Å². The lowest BCUT2D eigenvalue weighted by atomic mass is 9.45. The Balaban J connectivity index is 0.872. The highest BCUT2D eigenvalue weighted by atomic mass is 15.1. The third-order valence-corrected chi connectivity index (χ3v) is 14.1. The van der Waals surface area contributed by atoms with E-state index in [9.17, 15) is 0 Å². The number of aryl methyl sites for hydroxylation is 1. The first-order valence-corrected chi connectivity index (χ1v) is 22.8. The van der Waals surface area contributed by atoms with Crippen LogP contribution in [0, 0.1) is 23.7 Å². The van der Waals surface area contributed by atoms with Gasteiger partial charge in [-0.15, -0.1) is 0 Å². The van der Waals surface area contributed by atoms with Crippen LogP contribution in [0.15, 0.2) is 175 Å². The zero-order valence-electron chi connectivity index (χ0n) is 36.1. The van der Waals surface area contributed by atoms with Crippen LogP contribution in [-0.2, 0) is 6.42 Å². The van der Waals surface area contributed by atoms with Crippen LogP contribution in [0.4, 0.5) is 5.69 Å². The molecule has 4 unspecified atom stereocenters. The summed E-state index contributed by atoms with van der Waals surface area (Å²) in [7, 11) is 0. The van der Waals surface area contributed by atoms with Gasteiger partial charge in [0.25, 0.3) is 0 Å². The predicted molar refractivity (Wildman–Crippen MR) is 261 cm³/mol. The van der Waals surface area contributed by atoms with Crippen molar-refractivity contribution in [1.29, 1.82) is 0 Å². The molecule has 9 aromatic rings. The van der Waals surface area contributed by atoms with E-state index in [4.69, 9.17) is 25.7 Å². The lowest BCUT2D eigenvalue weighted by Gasteiger charge is -2.59. The van der Waals surface area contributed by atoms with Crippen molar-refractivity contribution in [3.05, 3.63) is 187 Å². The lowest BCUT2D eigenvalue weighted by molar-refractivity contribution is 0.0862. The molecule has 0 bridgehead atoms. The monoisotopic (exact) mass is 828 g/mol. The fourth-order valence-corrected chi connectivity index (χ4v) is 11.1. The molecule has 12 rings (SSSR count). The van der Waals surface area contributed by atoms with Gasteiger partial charge in [0.05, 0.1) is 16.7 Å². The Morgan fingerprint density at radius 3 is 1.86 bits per heavy atom. The van der Waals surface area contributed by atoms with Crippen molar-refractivity contribution in [2.75, 3.05) is 5.73 Å². The van der Waals surface area contributed by atoms with Crippen LogP contribution >= 0.6 is 0 Å². The Kier molecular flexibility index (Phi) is 9.22. The maximum absolute atomic E-state index is 7.17. The number of allylic oxidation sites excluding steroid dienone is 2. The van der Waals surface area contributed by atoms with Crippen molar-refractivity contribution in [3.63, 3.8) is 0 Å². The summed E-state index contributed by atoms with van der Waals surface area (Å²) in [6.45, 7) is 4.59. The molecule has 0 spiro atoms. The van der Waals surface area contributed by atoms with Crippen LogP contribution in [0.5, 0.6) is 0 Å². The first-order valence-electron chi connectivity index (χ1n) is 22.8. The molecule has 0 saturated heterocycles. The molecule has 7 aromatic carbocycles. The summed E-state index contributed by atoms with van der Waals surface area (Å²) in [5, 5.41) is 0. The number of rotatable bonds is 9. The van der Waals surface area contributed by atoms with Crippen LogP contribution in [0.25, 0.3) is 89.8 Å². The van der Waals surface area contributed by atoms with Crippen LogP contribution in [0.2, 0.25) is 0 Å². The van der Waals surface area contributed by atoms with E-state index >= 15 is 0 Å². The predicted octanol–water partition coefficient (Wildman–Crippen LogP) is 13.8. The largest absolute Gasteiger partial charge is 0.398 e. The molecule has 0 radical (unpaired) electrons. The number of hydrogen-bond donors (Lipinski definition) is 1. The molecule has 6 nitrogen and oxygen atoms in total. The number of nitrogens with zero attached hydrogens (tertiary/aromatic N) is 5. The Morgan fingerprint density at radius 1 is 0.531 bits per heavy atom. The minimum Gasteiger partial charge on any atom is -0.398 e. The molecule has 0 aliphatic heterocycles. The van der Waals surface area contributed by atoms with Crippen LogP contribution in [0.3, 0.4) is 0 Å². The van der Waals surface area contributed by atoms with Gasteiger partial charge in [-0.2, -0.15) is 0 Å². The molecular weight excluding hydrogens is 781 g/mol. The fraction of sp³-hybridized carbons (Fsp3) is 0.172. The summed E-state index contributed by atoms with van der Waals surface area (Å²) in [4.78, 5) is 20.2. The lowest BCUT2D eigenvalue weighted by Crippen LogP contribution is -2.49. The van der Waals surface area contributed by atoms with E-state index in [1.165, 1.54) is 24.8 Å². The van der Waals surface area contributed by atoms with Gasteiger partial charge in [0.15, 0.2) is 17.5 Å². The van der Waals surface area contributed by atoms with Gasteiger partial charge in [-0.05, 0) is 124 Å². The van der Waals surface area contributed by atoms with Crippen molar-refractivity contribution in [2.45, 2.75) is 39.5 Å². The molecule has 2 N–H and O–H groups in total. The zero-order valence-corrected chi connectivity index (χ0v) is 36.1. The number of aromatic nitrogens is 5. The van der Waals surface area contributed by atoms with Gasteiger partial charge in [0, 0.05) is 34.4 Å². The van der Waals surface area contributed by atoms with Crippen LogP contribution in [-0.4, -0.2) is 24.5 Å². The number of fused-ring (bicyclic) bond motifs is 1. The van der Waals surface area contributed by atoms with Crippen molar-refractivity contribution in [1.82, 2.24) is 24.5 Å². The highest BCUT2D eigenvalue weighted by Gasteiger charge is 2.54. The van der Waals surface area contributed by atoms with E-state index in [0.717, 1.165) is 103 Å². The number of nitrogen functional groups attached to an aromatic ring is 1. The smallest absolute Gasteiger partial charge is 0.166 e. The van der Waals surface area contributed by atoms with Crippen LogP contribution in [0.1, 0.15) is 44.5 Å². The molecule has 64 heavy (non-hydrogen) atoms. The van der Waals surface area contributed by atoms with Gasteiger partial charge in [-0.3, -0.25) is 4.57 Å². The number of para-hydroxylation sites is 3. The average Bonchev–Trinajstić information content (AvgIpc) is 3.72. The number of nitrogens with two attached hydrogens (primary N) is 1. The van der Waals surface area contributed by atoms with Crippen molar-refractivity contribution in [3.8, 4) is 73.2 Å². The number of hydrogen-bond acceptors (Lipinski definition) is 5. The second-order valence-electron chi connectivity index (χ2n) is 18.0. The maximum atomic E-state index is 7.17. The third kappa shape index (κ3) is 6.47. The van der Waals surface area contributed by atoms with Gasteiger partial charge in [-0.1, -0.05) is 147 Å². The van der Waals surface area contributed by atoms with E-state index in [0.29, 0.717) is 23.2 Å². The minimum atomic E-state index is 0.552. The molecule has 2 aromatic heterocycles. The molecule has 4 atom stereocenters. The maximum Gasteiger partial charge on any atom is 0.166 e. The van der Waals surface area contributed by atoms with Gasteiger partial charge in [0.2, 0.25) is 0 Å². The zero-order chi connectivity index (χ0) is 42.9. The summed E-state index contributed by atoms with van der Waals surface area (Å²) >= 11 is 0.